The second-order valence-corrected chi connectivity index (χ2v) is 3.25. The molecule has 1 amide bonds. The van der Waals surface area contributed by atoms with Crippen molar-refractivity contribution in [3.63, 3.8) is 0 Å². The molecule has 1 unspecified atom stereocenters. The summed E-state index contributed by atoms with van der Waals surface area (Å²) < 4.78 is 0. The maximum Gasteiger partial charge on any atom is 0.251 e. The number of rotatable bonds is 0. The highest BCUT2D eigenvalue weighted by Gasteiger charge is 2.34. The fraction of sp³-hybridized carbons (Fsp3) is 0.750. The molecule has 60 valence electrons. The number of carbonyl (C=O) groups excluding carboxylic acids is 1. The lowest BCUT2D eigenvalue weighted by Gasteiger charge is -2.15. The van der Waals surface area contributed by atoms with Crippen molar-refractivity contribution < 1.29 is 4.79 Å². The van der Waals surface area contributed by atoms with Crippen LogP contribution in [0.5, 0.6) is 0 Å². The third kappa shape index (κ3) is 0.951. The fourth-order valence-corrected chi connectivity index (χ4v) is 1.85. The van der Waals surface area contributed by atoms with Gasteiger partial charge in [-0.15, -0.1) is 0 Å². The van der Waals surface area contributed by atoms with Crippen LogP contribution in [0.1, 0.15) is 25.7 Å². The second kappa shape index (κ2) is 2.32. The fourth-order valence-electron chi connectivity index (χ4n) is 1.85. The van der Waals surface area contributed by atoms with Crippen molar-refractivity contribution in [3.05, 3.63) is 0 Å². The molecule has 3 heteroatoms. The number of hydrogen-bond donors (Lipinski definition) is 0. The van der Waals surface area contributed by atoms with E-state index in [4.69, 9.17) is 0 Å². The molecule has 3 nitrogen and oxygen atoms in total. The number of nitrogens with zero attached hydrogens (tertiary/aromatic N) is 2. The highest BCUT2D eigenvalue weighted by atomic mass is 16.2. The SMILES string of the molecule is CN1N=C2CCCCC2C1=O. The van der Waals surface area contributed by atoms with Gasteiger partial charge in [0.05, 0.1) is 11.6 Å². The van der Waals surface area contributed by atoms with Crippen LogP contribution in [0.4, 0.5) is 0 Å². The third-order valence-corrected chi connectivity index (χ3v) is 2.47. The Morgan fingerprint density at radius 2 is 2.36 bits per heavy atom. The van der Waals surface area contributed by atoms with Gasteiger partial charge in [-0.2, -0.15) is 5.10 Å². The molecule has 0 aromatic rings. The van der Waals surface area contributed by atoms with Crippen LogP contribution in [-0.2, 0) is 4.79 Å². The average Bonchev–Trinajstić information content (AvgIpc) is 2.30. The first-order valence-electron chi connectivity index (χ1n) is 4.14. The predicted molar refractivity (Wildman–Crippen MR) is 42.2 cm³/mol. The van der Waals surface area contributed by atoms with Crippen LogP contribution in [0, 0.1) is 5.92 Å². The van der Waals surface area contributed by atoms with Crippen LogP contribution in [0.3, 0.4) is 0 Å². The molecule has 0 aromatic heterocycles. The Kier molecular flexibility index (Phi) is 1.44. The lowest BCUT2D eigenvalue weighted by atomic mass is 9.87. The summed E-state index contributed by atoms with van der Waals surface area (Å²) in [7, 11) is 1.74. The van der Waals surface area contributed by atoms with E-state index >= 15 is 0 Å². The summed E-state index contributed by atoms with van der Waals surface area (Å²) in [5, 5.41) is 5.68. The summed E-state index contributed by atoms with van der Waals surface area (Å²) in [6.07, 6.45) is 4.43. The first-order chi connectivity index (χ1) is 5.29. The van der Waals surface area contributed by atoms with Crippen molar-refractivity contribution in [2.24, 2.45) is 11.0 Å². The molecule has 1 atom stereocenters. The number of amides is 1. The minimum atomic E-state index is 0.147. The molecule has 1 heterocycles. The lowest BCUT2D eigenvalue weighted by Crippen LogP contribution is -2.26. The topological polar surface area (TPSA) is 32.7 Å². The van der Waals surface area contributed by atoms with E-state index in [-0.39, 0.29) is 11.8 Å². The zero-order valence-electron chi connectivity index (χ0n) is 6.71. The van der Waals surface area contributed by atoms with Crippen LogP contribution < -0.4 is 0 Å². The summed E-state index contributed by atoms with van der Waals surface area (Å²) in [6, 6.07) is 0. The van der Waals surface area contributed by atoms with E-state index in [1.165, 1.54) is 17.9 Å². The quantitative estimate of drug-likeness (QED) is 0.509. The maximum atomic E-state index is 11.4. The third-order valence-electron chi connectivity index (χ3n) is 2.47. The standard InChI is InChI=1S/C8H12N2O/c1-10-8(11)6-4-2-3-5-7(6)9-10/h6H,2-5H2,1H3. The highest BCUT2D eigenvalue weighted by Crippen LogP contribution is 2.27. The number of hydrazone groups is 1. The van der Waals surface area contributed by atoms with Gasteiger partial charge in [-0.05, 0) is 19.3 Å². The zero-order chi connectivity index (χ0) is 7.84. The molecule has 0 N–H and O–H groups in total. The van der Waals surface area contributed by atoms with E-state index in [1.807, 2.05) is 0 Å². The van der Waals surface area contributed by atoms with Gasteiger partial charge < -0.3 is 0 Å². The van der Waals surface area contributed by atoms with Gasteiger partial charge in [-0.1, -0.05) is 6.42 Å². The van der Waals surface area contributed by atoms with Gasteiger partial charge in [-0.3, -0.25) is 4.79 Å². The predicted octanol–water partition coefficient (Wildman–Crippen LogP) is 1.00. The van der Waals surface area contributed by atoms with E-state index in [0.29, 0.717) is 0 Å². The first kappa shape index (κ1) is 6.83. The molecule has 11 heavy (non-hydrogen) atoms. The van der Waals surface area contributed by atoms with Crippen molar-refractivity contribution >= 4 is 11.6 Å². The number of fused-ring (bicyclic) bond motifs is 1. The molecule has 0 spiro atoms. The molecule has 2 rings (SSSR count). The smallest absolute Gasteiger partial charge is 0.251 e. The minimum absolute atomic E-state index is 0.147. The normalized spacial score (nSPS) is 30.3. The van der Waals surface area contributed by atoms with Crippen molar-refractivity contribution in [2.75, 3.05) is 7.05 Å². The molecule has 1 aliphatic heterocycles. The molecule has 0 saturated heterocycles. The minimum Gasteiger partial charge on any atom is -0.272 e. The zero-order valence-corrected chi connectivity index (χ0v) is 6.71. The Bertz CT molecular complexity index is 222. The van der Waals surface area contributed by atoms with Gasteiger partial charge in [-0.25, -0.2) is 5.01 Å². The van der Waals surface area contributed by atoms with E-state index in [2.05, 4.69) is 5.10 Å². The molecular weight excluding hydrogens is 140 g/mol. The van der Waals surface area contributed by atoms with Crippen molar-refractivity contribution in [2.45, 2.75) is 25.7 Å². The summed E-state index contributed by atoms with van der Waals surface area (Å²) in [6.45, 7) is 0. The van der Waals surface area contributed by atoms with E-state index in [0.717, 1.165) is 18.6 Å². The highest BCUT2D eigenvalue weighted by molar-refractivity contribution is 6.08. The molecule has 1 fully saturated rings. The van der Waals surface area contributed by atoms with Crippen molar-refractivity contribution in [1.82, 2.24) is 5.01 Å². The van der Waals surface area contributed by atoms with Crippen LogP contribution in [0.2, 0.25) is 0 Å². The monoisotopic (exact) mass is 152 g/mol. The molecular formula is C8H12N2O. The van der Waals surface area contributed by atoms with Gasteiger partial charge in [0.1, 0.15) is 0 Å². The van der Waals surface area contributed by atoms with Crippen LogP contribution in [0.15, 0.2) is 5.10 Å². The van der Waals surface area contributed by atoms with E-state index in [1.54, 1.807) is 7.05 Å². The first-order valence-corrected chi connectivity index (χ1v) is 4.14. The Hall–Kier alpha value is -0.860. The summed E-state index contributed by atoms with van der Waals surface area (Å²) in [5.74, 6) is 0.341. The van der Waals surface area contributed by atoms with Crippen LogP contribution in [-0.4, -0.2) is 23.7 Å². The Labute approximate surface area is 66.1 Å². The summed E-state index contributed by atoms with van der Waals surface area (Å²) in [4.78, 5) is 11.4. The molecule has 2 aliphatic rings. The van der Waals surface area contributed by atoms with Crippen molar-refractivity contribution in [3.8, 4) is 0 Å². The Balaban J connectivity index is 2.22. The average molecular weight is 152 g/mol. The molecule has 0 bridgehead atoms. The molecule has 0 aromatic carbocycles. The molecule has 1 aliphatic carbocycles. The maximum absolute atomic E-state index is 11.4. The van der Waals surface area contributed by atoms with E-state index in [9.17, 15) is 4.79 Å². The van der Waals surface area contributed by atoms with Gasteiger partial charge in [0.2, 0.25) is 0 Å². The Morgan fingerprint density at radius 1 is 1.55 bits per heavy atom. The summed E-state index contributed by atoms with van der Waals surface area (Å²) in [5.41, 5.74) is 1.11. The lowest BCUT2D eigenvalue weighted by molar-refractivity contribution is -0.130. The van der Waals surface area contributed by atoms with Gasteiger partial charge in [0.25, 0.3) is 5.91 Å². The largest absolute Gasteiger partial charge is 0.272 e. The Morgan fingerprint density at radius 3 is 3.09 bits per heavy atom. The number of carbonyl (C=O) groups is 1. The van der Waals surface area contributed by atoms with Crippen LogP contribution >= 0.6 is 0 Å². The van der Waals surface area contributed by atoms with Gasteiger partial charge in [0.15, 0.2) is 0 Å². The number of hydrogen-bond acceptors (Lipinski definition) is 2. The molecule has 0 radical (unpaired) electrons. The van der Waals surface area contributed by atoms with Gasteiger partial charge >= 0.3 is 0 Å². The molecule has 1 saturated carbocycles. The van der Waals surface area contributed by atoms with Crippen LogP contribution in [0.25, 0.3) is 0 Å². The second-order valence-electron chi connectivity index (χ2n) is 3.25. The van der Waals surface area contributed by atoms with Crippen molar-refractivity contribution in [1.29, 1.82) is 0 Å². The summed E-state index contributed by atoms with van der Waals surface area (Å²) >= 11 is 0. The van der Waals surface area contributed by atoms with E-state index < -0.39 is 0 Å². The van der Waals surface area contributed by atoms with Gasteiger partial charge in [0, 0.05) is 7.05 Å².